The highest BCUT2D eigenvalue weighted by molar-refractivity contribution is 7.11. The van der Waals surface area contributed by atoms with Crippen LogP contribution < -0.4 is 5.32 Å². The molecule has 0 radical (unpaired) electrons. The summed E-state index contributed by atoms with van der Waals surface area (Å²) in [6, 6.07) is 0. The molecule has 1 aliphatic rings. The molecule has 0 amide bonds. The van der Waals surface area contributed by atoms with Gasteiger partial charge in [0.1, 0.15) is 10.6 Å². The predicted molar refractivity (Wildman–Crippen MR) is 71.4 cm³/mol. The molecule has 2 rings (SSSR count). The Morgan fingerprint density at radius 2 is 2.06 bits per heavy atom. The number of thiazole rings is 1. The third-order valence-corrected chi connectivity index (χ3v) is 5.01. The maximum Gasteiger partial charge on any atom is 0.125 e. The van der Waals surface area contributed by atoms with E-state index >= 15 is 0 Å². The number of aryl methyl sites for hydroxylation is 1. The Balaban J connectivity index is 2.27. The quantitative estimate of drug-likeness (QED) is 0.897. The van der Waals surface area contributed by atoms with E-state index < -0.39 is 0 Å². The van der Waals surface area contributed by atoms with Gasteiger partial charge < -0.3 is 10.1 Å². The van der Waals surface area contributed by atoms with Crippen LogP contribution in [0.25, 0.3) is 0 Å². The summed E-state index contributed by atoms with van der Waals surface area (Å²) in [5.74, 6) is 0. The smallest absolute Gasteiger partial charge is 0.125 e. The van der Waals surface area contributed by atoms with Crippen molar-refractivity contribution in [3.63, 3.8) is 0 Å². The molecule has 0 spiro atoms. The number of ether oxygens (including phenoxy) is 1. The Morgan fingerprint density at radius 1 is 1.35 bits per heavy atom. The van der Waals surface area contributed by atoms with Crippen LogP contribution in [0.15, 0.2) is 0 Å². The number of rotatable bonds is 4. The van der Waals surface area contributed by atoms with E-state index in [2.05, 4.69) is 12.2 Å². The topological polar surface area (TPSA) is 34.1 Å². The largest absolute Gasteiger partial charge is 0.371 e. The highest BCUT2D eigenvalue weighted by Gasteiger charge is 2.37. The zero-order valence-corrected chi connectivity index (χ0v) is 11.8. The fourth-order valence-electron chi connectivity index (χ4n) is 2.58. The predicted octanol–water partition coefficient (Wildman–Crippen LogP) is 2.98. The van der Waals surface area contributed by atoms with Gasteiger partial charge in [-0.2, -0.15) is 0 Å². The first-order chi connectivity index (χ1) is 8.22. The summed E-state index contributed by atoms with van der Waals surface area (Å²) < 4.78 is 5.84. The van der Waals surface area contributed by atoms with E-state index in [-0.39, 0.29) is 5.60 Å². The van der Waals surface area contributed by atoms with Gasteiger partial charge in [-0.3, -0.25) is 0 Å². The van der Waals surface area contributed by atoms with Crippen LogP contribution >= 0.6 is 11.3 Å². The third kappa shape index (κ3) is 2.54. The van der Waals surface area contributed by atoms with E-state index in [9.17, 15) is 0 Å². The van der Waals surface area contributed by atoms with Crippen LogP contribution in [0.1, 0.15) is 47.7 Å². The molecule has 0 unspecified atom stereocenters. The molecule has 96 valence electrons. The zero-order chi connectivity index (χ0) is 12.3. The maximum absolute atomic E-state index is 5.84. The van der Waals surface area contributed by atoms with Crippen molar-refractivity contribution in [1.82, 2.24) is 10.3 Å². The second-order valence-electron chi connectivity index (χ2n) is 4.82. The standard InChI is InChI=1S/C13H22N2OS/c1-10-11(9-14-2)17-12(15-10)13(16-3)7-5-4-6-8-13/h14H,4-9H2,1-3H3. The molecule has 1 saturated carbocycles. The van der Waals surface area contributed by atoms with E-state index in [1.165, 1.54) is 29.1 Å². The molecular weight excluding hydrogens is 232 g/mol. The molecule has 17 heavy (non-hydrogen) atoms. The summed E-state index contributed by atoms with van der Waals surface area (Å²) in [5.41, 5.74) is 1.06. The molecule has 4 heteroatoms. The Morgan fingerprint density at radius 3 is 2.65 bits per heavy atom. The summed E-state index contributed by atoms with van der Waals surface area (Å²) in [5, 5.41) is 4.38. The normalized spacial score (nSPS) is 19.5. The molecule has 1 fully saturated rings. The minimum absolute atomic E-state index is 0.0976. The molecule has 0 aliphatic heterocycles. The fraction of sp³-hybridized carbons (Fsp3) is 0.769. The number of nitrogens with zero attached hydrogens (tertiary/aromatic N) is 1. The minimum atomic E-state index is -0.0976. The number of aromatic nitrogens is 1. The number of methoxy groups -OCH3 is 1. The van der Waals surface area contributed by atoms with E-state index in [1.54, 1.807) is 0 Å². The number of hydrogen-bond acceptors (Lipinski definition) is 4. The van der Waals surface area contributed by atoms with Crippen LogP contribution in [-0.4, -0.2) is 19.1 Å². The van der Waals surface area contributed by atoms with Crippen LogP contribution in [-0.2, 0) is 16.9 Å². The van der Waals surface area contributed by atoms with Gasteiger partial charge in [-0.1, -0.05) is 19.3 Å². The lowest BCUT2D eigenvalue weighted by molar-refractivity contribution is -0.0446. The molecule has 1 heterocycles. The first kappa shape index (κ1) is 13.0. The molecular formula is C13H22N2OS. The van der Waals surface area contributed by atoms with Gasteiger partial charge in [0.05, 0.1) is 5.69 Å². The monoisotopic (exact) mass is 254 g/mol. The van der Waals surface area contributed by atoms with Gasteiger partial charge in [0.2, 0.25) is 0 Å². The van der Waals surface area contributed by atoms with E-state index in [1.807, 2.05) is 25.5 Å². The first-order valence-corrected chi connectivity index (χ1v) is 7.20. The average molecular weight is 254 g/mol. The lowest BCUT2D eigenvalue weighted by Gasteiger charge is -2.34. The van der Waals surface area contributed by atoms with Crippen molar-refractivity contribution in [3.8, 4) is 0 Å². The second kappa shape index (κ2) is 5.46. The molecule has 1 aromatic heterocycles. The third-order valence-electron chi connectivity index (χ3n) is 3.67. The molecule has 1 N–H and O–H groups in total. The van der Waals surface area contributed by atoms with Crippen LogP contribution in [0.5, 0.6) is 0 Å². The van der Waals surface area contributed by atoms with Gasteiger partial charge in [0.25, 0.3) is 0 Å². The van der Waals surface area contributed by atoms with Crippen LogP contribution in [0.2, 0.25) is 0 Å². The molecule has 0 bridgehead atoms. The SMILES string of the molecule is CNCc1sc(C2(OC)CCCCC2)nc1C. The lowest BCUT2D eigenvalue weighted by atomic mass is 9.85. The van der Waals surface area contributed by atoms with Crippen molar-refractivity contribution in [3.05, 3.63) is 15.6 Å². The van der Waals surface area contributed by atoms with Crippen LogP contribution in [0.3, 0.4) is 0 Å². The Hall–Kier alpha value is -0.450. The highest BCUT2D eigenvalue weighted by Crippen LogP contribution is 2.42. The Labute approximate surface area is 108 Å². The molecule has 0 saturated heterocycles. The molecule has 1 aromatic rings. The number of nitrogens with one attached hydrogen (secondary N) is 1. The van der Waals surface area contributed by atoms with Crippen molar-refractivity contribution in [1.29, 1.82) is 0 Å². The summed E-state index contributed by atoms with van der Waals surface area (Å²) >= 11 is 1.82. The van der Waals surface area contributed by atoms with Gasteiger partial charge in [-0.25, -0.2) is 4.98 Å². The highest BCUT2D eigenvalue weighted by atomic mass is 32.1. The Kier molecular flexibility index (Phi) is 4.17. The lowest BCUT2D eigenvalue weighted by Crippen LogP contribution is -2.30. The summed E-state index contributed by atoms with van der Waals surface area (Å²) in [6.45, 7) is 3.00. The second-order valence-corrected chi connectivity index (χ2v) is 5.90. The molecule has 3 nitrogen and oxygen atoms in total. The van der Waals surface area contributed by atoms with Gasteiger partial charge in [-0.15, -0.1) is 11.3 Å². The van der Waals surface area contributed by atoms with Gasteiger partial charge in [0.15, 0.2) is 0 Å². The first-order valence-electron chi connectivity index (χ1n) is 6.38. The summed E-state index contributed by atoms with van der Waals surface area (Å²) in [6.07, 6.45) is 6.09. The maximum atomic E-state index is 5.84. The van der Waals surface area contributed by atoms with Crippen molar-refractivity contribution >= 4 is 11.3 Å². The number of hydrogen-bond donors (Lipinski definition) is 1. The van der Waals surface area contributed by atoms with Crippen molar-refractivity contribution in [2.45, 2.75) is 51.2 Å². The van der Waals surface area contributed by atoms with E-state index in [0.717, 1.165) is 25.1 Å². The van der Waals surface area contributed by atoms with Crippen molar-refractivity contribution in [2.75, 3.05) is 14.2 Å². The summed E-state index contributed by atoms with van der Waals surface area (Å²) in [4.78, 5) is 6.09. The van der Waals surface area contributed by atoms with Gasteiger partial charge in [-0.05, 0) is 26.8 Å². The fourth-order valence-corrected chi connectivity index (χ4v) is 3.87. The Bertz CT molecular complexity index is 369. The molecule has 0 aromatic carbocycles. The average Bonchev–Trinajstić information content (AvgIpc) is 2.73. The van der Waals surface area contributed by atoms with Gasteiger partial charge >= 0.3 is 0 Å². The van der Waals surface area contributed by atoms with Gasteiger partial charge in [0, 0.05) is 18.5 Å². The molecule has 1 aliphatic carbocycles. The molecule has 0 atom stereocenters. The minimum Gasteiger partial charge on any atom is -0.371 e. The van der Waals surface area contributed by atoms with E-state index in [0.29, 0.717) is 0 Å². The van der Waals surface area contributed by atoms with E-state index in [4.69, 9.17) is 9.72 Å². The van der Waals surface area contributed by atoms with Crippen molar-refractivity contribution in [2.24, 2.45) is 0 Å². The van der Waals surface area contributed by atoms with Crippen LogP contribution in [0.4, 0.5) is 0 Å². The van der Waals surface area contributed by atoms with Crippen molar-refractivity contribution < 1.29 is 4.74 Å². The summed E-state index contributed by atoms with van der Waals surface area (Å²) in [7, 11) is 3.81. The zero-order valence-electron chi connectivity index (χ0n) is 11.0. The van der Waals surface area contributed by atoms with Crippen LogP contribution in [0, 0.1) is 6.92 Å².